The Morgan fingerprint density at radius 3 is 3.03 bits per heavy atom. The summed E-state index contributed by atoms with van der Waals surface area (Å²) in [4.78, 5) is 17.0. The molecule has 2 aromatic heterocycles. The third-order valence-corrected chi connectivity index (χ3v) is 5.88. The average molecular weight is 405 g/mol. The standard InChI is InChI=1S/C22H19N3O3S/c1-12-4-3-5-19-21(12)24-22(29-19)23-20(26)11-16-10-18(28-25-16)14-6-7-17-15(9-14)8-13(2)27-17/h3-7,9-10,13H,8,11H2,1-2H3,(H,23,24,26). The highest BCUT2D eigenvalue weighted by Crippen LogP contribution is 2.33. The summed E-state index contributed by atoms with van der Waals surface area (Å²) in [7, 11) is 0. The maximum Gasteiger partial charge on any atom is 0.232 e. The number of aryl methyl sites for hydroxylation is 1. The number of aromatic nitrogens is 2. The predicted octanol–water partition coefficient (Wildman–Crippen LogP) is 4.76. The molecule has 1 amide bonds. The average Bonchev–Trinajstić information content (AvgIpc) is 3.38. The first-order valence-electron chi connectivity index (χ1n) is 9.47. The Morgan fingerprint density at radius 1 is 1.28 bits per heavy atom. The van der Waals surface area contributed by atoms with Crippen molar-refractivity contribution >= 4 is 32.6 Å². The summed E-state index contributed by atoms with van der Waals surface area (Å²) in [6, 6.07) is 13.8. The molecular weight excluding hydrogens is 386 g/mol. The molecule has 7 heteroatoms. The zero-order valence-corrected chi connectivity index (χ0v) is 16.9. The summed E-state index contributed by atoms with van der Waals surface area (Å²) >= 11 is 1.47. The number of benzene rings is 2. The fourth-order valence-corrected chi connectivity index (χ4v) is 4.53. The van der Waals surface area contributed by atoms with Gasteiger partial charge in [0, 0.05) is 18.1 Å². The van der Waals surface area contributed by atoms with Crippen molar-refractivity contribution in [3.63, 3.8) is 0 Å². The Kier molecular flexibility index (Phi) is 4.32. The summed E-state index contributed by atoms with van der Waals surface area (Å²) in [5, 5.41) is 7.51. The first-order valence-corrected chi connectivity index (χ1v) is 10.3. The minimum Gasteiger partial charge on any atom is -0.490 e. The summed E-state index contributed by atoms with van der Waals surface area (Å²) in [6.07, 6.45) is 1.21. The van der Waals surface area contributed by atoms with Gasteiger partial charge in [-0.1, -0.05) is 28.6 Å². The monoisotopic (exact) mass is 405 g/mol. The van der Waals surface area contributed by atoms with Crippen molar-refractivity contribution in [3.05, 3.63) is 59.3 Å². The van der Waals surface area contributed by atoms with Crippen LogP contribution in [-0.2, 0) is 17.6 Å². The van der Waals surface area contributed by atoms with Gasteiger partial charge >= 0.3 is 0 Å². The van der Waals surface area contributed by atoms with Gasteiger partial charge in [-0.05, 0) is 49.2 Å². The zero-order valence-electron chi connectivity index (χ0n) is 16.1. The first kappa shape index (κ1) is 17.9. The number of carbonyl (C=O) groups excluding carboxylic acids is 1. The zero-order chi connectivity index (χ0) is 20.0. The second kappa shape index (κ2) is 7.00. The van der Waals surface area contributed by atoms with Gasteiger partial charge in [-0.15, -0.1) is 0 Å². The molecule has 4 aromatic rings. The van der Waals surface area contributed by atoms with Crippen LogP contribution in [0.25, 0.3) is 21.5 Å². The molecule has 0 radical (unpaired) electrons. The molecular formula is C22H19N3O3S. The van der Waals surface area contributed by atoms with Crippen molar-refractivity contribution < 1.29 is 14.1 Å². The number of hydrogen-bond donors (Lipinski definition) is 1. The van der Waals surface area contributed by atoms with E-state index in [0.29, 0.717) is 16.6 Å². The first-order chi connectivity index (χ1) is 14.0. The lowest BCUT2D eigenvalue weighted by atomic mass is 10.1. The molecule has 1 aliphatic rings. The second-order valence-electron chi connectivity index (χ2n) is 7.30. The highest BCUT2D eigenvalue weighted by molar-refractivity contribution is 7.22. The van der Waals surface area contributed by atoms with E-state index in [-0.39, 0.29) is 18.4 Å². The molecule has 29 heavy (non-hydrogen) atoms. The molecule has 0 aliphatic carbocycles. The van der Waals surface area contributed by atoms with Crippen molar-refractivity contribution in [3.8, 4) is 17.1 Å². The number of rotatable bonds is 4. The number of hydrogen-bond acceptors (Lipinski definition) is 6. The summed E-state index contributed by atoms with van der Waals surface area (Å²) < 4.78 is 12.3. The van der Waals surface area contributed by atoms with E-state index >= 15 is 0 Å². The molecule has 6 nitrogen and oxygen atoms in total. The Morgan fingerprint density at radius 2 is 2.17 bits per heavy atom. The molecule has 1 N–H and O–H groups in total. The smallest absolute Gasteiger partial charge is 0.232 e. The summed E-state index contributed by atoms with van der Waals surface area (Å²) in [6.45, 7) is 4.06. The van der Waals surface area contributed by atoms with Crippen molar-refractivity contribution in [2.24, 2.45) is 0 Å². The fraction of sp³-hybridized carbons (Fsp3) is 0.227. The lowest BCUT2D eigenvalue weighted by molar-refractivity contribution is -0.115. The molecule has 0 spiro atoms. The van der Waals surface area contributed by atoms with Crippen LogP contribution in [0.2, 0.25) is 0 Å². The highest BCUT2D eigenvalue weighted by Gasteiger charge is 2.20. The molecule has 5 rings (SSSR count). The number of carbonyl (C=O) groups is 1. The van der Waals surface area contributed by atoms with Gasteiger partial charge in [0.25, 0.3) is 0 Å². The van der Waals surface area contributed by atoms with Gasteiger partial charge in [0.2, 0.25) is 5.91 Å². The maximum absolute atomic E-state index is 12.4. The minimum absolute atomic E-state index is 0.128. The van der Waals surface area contributed by atoms with E-state index in [1.54, 1.807) is 0 Å². The lowest BCUT2D eigenvalue weighted by Crippen LogP contribution is -2.14. The number of amides is 1. The normalized spacial score (nSPS) is 15.3. The van der Waals surface area contributed by atoms with Crippen molar-refractivity contribution in [2.75, 3.05) is 5.32 Å². The second-order valence-corrected chi connectivity index (χ2v) is 8.33. The largest absolute Gasteiger partial charge is 0.490 e. The summed E-state index contributed by atoms with van der Waals surface area (Å²) in [5.41, 5.74) is 4.69. The van der Waals surface area contributed by atoms with Crippen LogP contribution in [-0.4, -0.2) is 22.2 Å². The molecule has 0 saturated heterocycles. The molecule has 1 atom stereocenters. The van der Waals surface area contributed by atoms with E-state index in [9.17, 15) is 4.79 Å². The van der Waals surface area contributed by atoms with E-state index in [1.165, 1.54) is 11.3 Å². The number of thiazole rings is 1. The lowest BCUT2D eigenvalue weighted by Gasteiger charge is -2.02. The Hall–Kier alpha value is -3.19. The van der Waals surface area contributed by atoms with Gasteiger partial charge < -0.3 is 14.6 Å². The van der Waals surface area contributed by atoms with Gasteiger partial charge in [0.1, 0.15) is 11.9 Å². The molecule has 1 aliphatic heterocycles. The number of anilines is 1. The molecule has 0 bridgehead atoms. The Bertz CT molecular complexity index is 1230. The van der Waals surface area contributed by atoms with Crippen molar-refractivity contribution in [1.29, 1.82) is 0 Å². The molecule has 2 aromatic carbocycles. The van der Waals surface area contributed by atoms with E-state index in [0.717, 1.165) is 39.1 Å². The van der Waals surface area contributed by atoms with Crippen LogP contribution in [0.5, 0.6) is 5.75 Å². The van der Waals surface area contributed by atoms with E-state index in [2.05, 4.69) is 28.4 Å². The Labute approximate surface area is 171 Å². The van der Waals surface area contributed by atoms with Crippen LogP contribution < -0.4 is 10.1 Å². The van der Waals surface area contributed by atoms with Gasteiger partial charge in [-0.25, -0.2) is 4.98 Å². The number of nitrogens with zero attached hydrogens (tertiary/aromatic N) is 2. The van der Waals surface area contributed by atoms with Crippen LogP contribution >= 0.6 is 11.3 Å². The van der Waals surface area contributed by atoms with E-state index in [4.69, 9.17) is 9.26 Å². The Balaban J connectivity index is 1.29. The highest BCUT2D eigenvalue weighted by atomic mass is 32.1. The van der Waals surface area contributed by atoms with Crippen LogP contribution in [0.4, 0.5) is 5.13 Å². The number of para-hydroxylation sites is 1. The minimum atomic E-state index is -0.169. The predicted molar refractivity (Wildman–Crippen MR) is 112 cm³/mol. The van der Waals surface area contributed by atoms with Crippen LogP contribution in [0, 0.1) is 6.92 Å². The molecule has 1 unspecified atom stereocenters. The number of ether oxygens (including phenoxy) is 1. The third kappa shape index (κ3) is 3.49. The van der Waals surface area contributed by atoms with E-state index in [1.807, 2.05) is 43.3 Å². The fourth-order valence-electron chi connectivity index (χ4n) is 3.57. The number of nitrogens with one attached hydrogen (secondary N) is 1. The van der Waals surface area contributed by atoms with Gasteiger partial charge in [0.15, 0.2) is 10.9 Å². The maximum atomic E-state index is 12.4. The summed E-state index contributed by atoms with van der Waals surface area (Å²) in [5.74, 6) is 1.40. The van der Waals surface area contributed by atoms with Crippen molar-refractivity contribution in [2.45, 2.75) is 32.8 Å². The molecule has 0 fully saturated rings. The molecule has 3 heterocycles. The van der Waals surface area contributed by atoms with Crippen molar-refractivity contribution in [1.82, 2.24) is 10.1 Å². The third-order valence-electron chi connectivity index (χ3n) is 4.95. The van der Waals surface area contributed by atoms with Gasteiger partial charge in [0.05, 0.1) is 22.3 Å². The van der Waals surface area contributed by atoms with Crippen LogP contribution in [0.1, 0.15) is 23.7 Å². The SMILES string of the molecule is Cc1cccc2sc(NC(=O)Cc3cc(-c4ccc5c(c4)CC(C)O5)on3)nc12. The molecule has 146 valence electrons. The van der Waals surface area contributed by atoms with Gasteiger partial charge in [-0.3, -0.25) is 4.79 Å². The quantitative estimate of drug-likeness (QED) is 0.529. The van der Waals surface area contributed by atoms with Crippen LogP contribution in [0.15, 0.2) is 47.0 Å². The van der Waals surface area contributed by atoms with Crippen LogP contribution in [0.3, 0.4) is 0 Å². The topological polar surface area (TPSA) is 77.2 Å². The van der Waals surface area contributed by atoms with Gasteiger partial charge in [-0.2, -0.15) is 0 Å². The molecule has 0 saturated carbocycles. The number of fused-ring (bicyclic) bond motifs is 2. The van der Waals surface area contributed by atoms with E-state index < -0.39 is 0 Å².